The molecule has 1 aliphatic rings. The van der Waals surface area contributed by atoms with Crippen molar-refractivity contribution in [2.75, 3.05) is 18.8 Å². The lowest BCUT2D eigenvalue weighted by Crippen LogP contribution is -2.46. The van der Waals surface area contributed by atoms with Crippen LogP contribution in [0.25, 0.3) is 0 Å². The monoisotopic (exact) mass is 286 g/mol. The fraction of sp³-hybridized carbons (Fsp3) is 0.615. The molecule has 0 aromatic rings. The summed E-state index contributed by atoms with van der Waals surface area (Å²) in [5, 5.41) is 2.89. The highest BCUT2D eigenvalue weighted by Gasteiger charge is 2.26. The van der Waals surface area contributed by atoms with E-state index in [0.29, 0.717) is 25.9 Å². The molecular formula is C13H22N2O3S. The summed E-state index contributed by atoms with van der Waals surface area (Å²) in [5.74, 6) is 0.00531. The van der Waals surface area contributed by atoms with Gasteiger partial charge >= 0.3 is 0 Å². The van der Waals surface area contributed by atoms with Gasteiger partial charge in [0.1, 0.15) is 0 Å². The quantitative estimate of drug-likeness (QED) is 0.607. The standard InChI is InChI=1S/C13H22N2O3S/c1-3-5-6-7-13(16)14-12-8-10-15(11-9-12)19(17,18)4-2/h3,5-7,12H,4,8-11H2,1-2H3,(H,14,16)/b5-3+,7-6+. The third-order valence-electron chi connectivity index (χ3n) is 3.11. The van der Waals surface area contributed by atoms with Gasteiger partial charge in [-0.25, -0.2) is 12.7 Å². The molecule has 0 aliphatic carbocycles. The summed E-state index contributed by atoms with van der Waals surface area (Å²) >= 11 is 0. The van der Waals surface area contributed by atoms with Gasteiger partial charge in [-0.2, -0.15) is 0 Å². The van der Waals surface area contributed by atoms with E-state index in [1.807, 2.05) is 13.0 Å². The summed E-state index contributed by atoms with van der Waals surface area (Å²) in [7, 11) is -3.09. The van der Waals surface area contributed by atoms with Crippen molar-refractivity contribution in [1.29, 1.82) is 0 Å². The van der Waals surface area contributed by atoms with Crippen LogP contribution in [0.2, 0.25) is 0 Å². The highest BCUT2D eigenvalue weighted by Crippen LogP contribution is 2.14. The molecule has 19 heavy (non-hydrogen) atoms. The highest BCUT2D eigenvalue weighted by molar-refractivity contribution is 7.89. The summed E-state index contributed by atoms with van der Waals surface area (Å²) in [6.45, 7) is 4.50. The van der Waals surface area contributed by atoms with Crippen LogP contribution in [0.3, 0.4) is 0 Å². The second-order valence-corrected chi connectivity index (χ2v) is 6.72. The first kappa shape index (κ1) is 15.9. The Bertz CT molecular complexity index is 447. The van der Waals surface area contributed by atoms with E-state index in [4.69, 9.17) is 0 Å². The molecule has 0 saturated carbocycles. The van der Waals surface area contributed by atoms with Crippen molar-refractivity contribution in [3.8, 4) is 0 Å². The summed E-state index contributed by atoms with van der Waals surface area (Å²) in [5.41, 5.74) is 0. The number of sulfonamides is 1. The number of nitrogens with zero attached hydrogens (tertiary/aromatic N) is 1. The Labute approximate surface area is 115 Å². The molecule has 1 fully saturated rings. The van der Waals surface area contributed by atoms with E-state index in [-0.39, 0.29) is 17.7 Å². The number of carbonyl (C=O) groups is 1. The maximum atomic E-state index is 11.7. The maximum Gasteiger partial charge on any atom is 0.244 e. The molecule has 1 heterocycles. The zero-order valence-corrected chi connectivity index (χ0v) is 12.3. The lowest BCUT2D eigenvalue weighted by molar-refractivity contribution is -0.117. The second kappa shape index (κ2) is 7.45. The number of hydrogen-bond donors (Lipinski definition) is 1. The fourth-order valence-corrected chi connectivity index (χ4v) is 3.10. The molecule has 0 aromatic carbocycles. The molecule has 1 N–H and O–H groups in total. The van der Waals surface area contributed by atoms with Crippen LogP contribution in [0.5, 0.6) is 0 Å². The molecule has 0 aromatic heterocycles. The van der Waals surface area contributed by atoms with Crippen LogP contribution in [0.1, 0.15) is 26.7 Å². The highest BCUT2D eigenvalue weighted by atomic mass is 32.2. The first-order chi connectivity index (χ1) is 8.99. The number of rotatable bonds is 5. The molecule has 0 atom stereocenters. The van der Waals surface area contributed by atoms with Crippen LogP contribution in [0.15, 0.2) is 24.3 Å². The average molecular weight is 286 g/mol. The lowest BCUT2D eigenvalue weighted by atomic mass is 10.1. The zero-order chi connectivity index (χ0) is 14.3. The van der Waals surface area contributed by atoms with Crippen molar-refractivity contribution in [3.05, 3.63) is 24.3 Å². The normalized spacial score (nSPS) is 19.3. The largest absolute Gasteiger partial charge is 0.350 e. The lowest BCUT2D eigenvalue weighted by Gasteiger charge is -2.31. The molecule has 108 valence electrons. The fourth-order valence-electron chi connectivity index (χ4n) is 1.96. The van der Waals surface area contributed by atoms with Crippen molar-refractivity contribution < 1.29 is 13.2 Å². The zero-order valence-electron chi connectivity index (χ0n) is 11.5. The van der Waals surface area contributed by atoms with E-state index >= 15 is 0 Å². The number of piperidine rings is 1. The van der Waals surface area contributed by atoms with Crippen molar-refractivity contribution in [2.24, 2.45) is 0 Å². The summed E-state index contributed by atoms with van der Waals surface area (Å²) < 4.78 is 24.9. The van der Waals surface area contributed by atoms with Crippen LogP contribution in [-0.2, 0) is 14.8 Å². The van der Waals surface area contributed by atoms with Gasteiger partial charge in [0.05, 0.1) is 5.75 Å². The van der Waals surface area contributed by atoms with Gasteiger partial charge in [-0.1, -0.05) is 18.2 Å². The molecular weight excluding hydrogens is 264 g/mol. The van der Waals surface area contributed by atoms with Crippen LogP contribution in [-0.4, -0.2) is 43.5 Å². The van der Waals surface area contributed by atoms with E-state index in [9.17, 15) is 13.2 Å². The predicted molar refractivity (Wildman–Crippen MR) is 76.2 cm³/mol. The van der Waals surface area contributed by atoms with Gasteiger partial charge in [-0.3, -0.25) is 4.79 Å². The molecule has 0 radical (unpaired) electrons. The van der Waals surface area contributed by atoms with Crippen molar-refractivity contribution >= 4 is 15.9 Å². The Balaban J connectivity index is 2.41. The third kappa shape index (κ3) is 5.16. The number of hydrogen-bond acceptors (Lipinski definition) is 3. The number of allylic oxidation sites excluding steroid dienone is 3. The Hall–Kier alpha value is -1.14. The van der Waals surface area contributed by atoms with E-state index in [0.717, 1.165) is 0 Å². The van der Waals surface area contributed by atoms with Gasteiger partial charge in [-0.15, -0.1) is 0 Å². The molecule has 0 bridgehead atoms. The van der Waals surface area contributed by atoms with Gasteiger partial charge in [0.2, 0.25) is 15.9 Å². The van der Waals surface area contributed by atoms with Crippen LogP contribution < -0.4 is 5.32 Å². The topological polar surface area (TPSA) is 66.5 Å². The minimum atomic E-state index is -3.09. The molecule has 1 rings (SSSR count). The number of carbonyl (C=O) groups excluding carboxylic acids is 1. The predicted octanol–water partition coefficient (Wildman–Crippen LogP) is 1.05. The molecule has 6 heteroatoms. The Kier molecular flexibility index (Phi) is 6.24. The molecule has 1 saturated heterocycles. The first-order valence-corrected chi connectivity index (χ1v) is 8.18. The second-order valence-electron chi connectivity index (χ2n) is 4.47. The summed E-state index contributed by atoms with van der Waals surface area (Å²) in [6.07, 6.45) is 8.14. The van der Waals surface area contributed by atoms with E-state index in [1.165, 1.54) is 10.4 Å². The Morgan fingerprint density at radius 2 is 1.95 bits per heavy atom. The van der Waals surface area contributed by atoms with Gasteiger partial charge in [0.15, 0.2) is 0 Å². The molecule has 1 amide bonds. The minimum absolute atomic E-state index is 0.0612. The molecule has 5 nitrogen and oxygen atoms in total. The van der Waals surface area contributed by atoms with Crippen LogP contribution >= 0.6 is 0 Å². The van der Waals surface area contributed by atoms with E-state index < -0.39 is 10.0 Å². The average Bonchev–Trinajstić information content (AvgIpc) is 2.39. The first-order valence-electron chi connectivity index (χ1n) is 6.57. The Morgan fingerprint density at radius 3 is 2.47 bits per heavy atom. The molecule has 0 unspecified atom stereocenters. The van der Waals surface area contributed by atoms with E-state index in [1.54, 1.807) is 19.1 Å². The van der Waals surface area contributed by atoms with Crippen LogP contribution in [0.4, 0.5) is 0 Å². The van der Waals surface area contributed by atoms with Crippen molar-refractivity contribution in [2.45, 2.75) is 32.7 Å². The Morgan fingerprint density at radius 1 is 1.32 bits per heavy atom. The van der Waals surface area contributed by atoms with Gasteiger partial charge in [0, 0.05) is 25.2 Å². The minimum Gasteiger partial charge on any atom is -0.350 e. The smallest absolute Gasteiger partial charge is 0.244 e. The molecule has 1 aliphatic heterocycles. The van der Waals surface area contributed by atoms with Crippen molar-refractivity contribution in [1.82, 2.24) is 9.62 Å². The number of amides is 1. The molecule has 0 spiro atoms. The third-order valence-corrected chi connectivity index (χ3v) is 4.99. The summed E-state index contributed by atoms with van der Waals surface area (Å²) in [6, 6.07) is 0.0612. The SMILES string of the molecule is C/C=C/C=C/C(=O)NC1CCN(S(=O)(=O)CC)CC1. The van der Waals surface area contributed by atoms with Crippen LogP contribution in [0, 0.1) is 0 Å². The van der Waals surface area contributed by atoms with Gasteiger partial charge in [0.25, 0.3) is 0 Å². The van der Waals surface area contributed by atoms with Gasteiger partial charge < -0.3 is 5.32 Å². The van der Waals surface area contributed by atoms with Gasteiger partial charge in [-0.05, 0) is 26.7 Å². The summed E-state index contributed by atoms with van der Waals surface area (Å²) in [4.78, 5) is 11.6. The van der Waals surface area contributed by atoms with E-state index in [2.05, 4.69) is 5.32 Å². The number of nitrogens with one attached hydrogen (secondary N) is 1. The maximum absolute atomic E-state index is 11.7. The van der Waals surface area contributed by atoms with Crippen molar-refractivity contribution in [3.63, 3.8) is 0 Å².